The zero-order valence-electron chi connectivity index (χ0n) is 7.93. The van der Waals surface area contributed by atoms with Crippen LogP contribution in [0.25, 0.3) is 0 Å². The molecule has 0 spiro atoms. The summed E-state index contributed by atoms with van der Waals surface area (Å²) in [7, 11) is 0. The van der Waals surface area contributed by atoms with Crippen molar-refractivity contribution in [1.82, 2.24) is 4.90 Å². The molecule has 0 aromatic rings. The summed E-state index contributed by atoms with van der Waals surface area (Å²) in [6.07, 6.45) is 5.16. The van der Waals surface area contributed by atoms with Gasteiger partial charge in [0.05, 0.1) is 0 Å². The van der Waals surface area contributed by atoms with Crippen LogP contribution in [0.2, 0.25) is 0 Å². The van der Waals surface area contributed by atoms with Gasteiger partial charge in [0.25, 0.3) is 0 Å². The molecule has 2 heteroatoms. The molecule has 1 radical (unpaired) electrons. The molecule has 1 heterocycles. The molecule has 1 aliphatic heterocycles. The van der Waals surface area contributed by atoms with Gasteiger partial charge in [-0.3, -0.25) is 0 Å². The van der Waals surface area contributed by atoms with Gasteiger partial charge >= 0.3 is 0 Å². The highest BCUT2D eigenvalue weighted by Crippen LogP contribution is 2.10. The fraction of sp³-hybridized carbons (Fsp3) is 0.900. The minimum absolute atomic E-state index is 1.11. The van der Waals surface area contributed by atoms with E-state index in [0.29, 0.717) is 0 Å². The van der Waals surface area contributed by atoms with Gasteiger partial charge in [0, 0.05) is 24.6 Å². The first-order valence-electron chi connectivity index (χ1n) is 5.03. The maximum atomic E-state index is 3.85. The first-order valence-corrected chi connectivity index (χ1v) is 6.18. The van der Waals surface area contributed by atoms with E-state index in [1.165, 1.54) is 50.4 Å². The minimum atomic E-state index is 1.11. The predicted octanol–water partition coefficient (Wildman–Crippen LogP) is 2.43. The lowest BCUT2D eigenvalue weighted by atomic mass is 10.2. The van der Waals surface area contributed by atoms with E-state index in [1.807, 2.05) is 0 Å². The summed E-state index contributed by atoms with van der Waals surface area (Å²) in [5.74, 6) is 2.69. The van der Waals surface area contributed by atoms with Gasteiger partial charge in [-0.15, -0.1) is 0 Å². The number of hydrogen-bond acceptors (Lipinski definition) is 2. The molecular formula is C10H20NS. The van der Waals surface area contributed by atoms with Gasteiger partial charge in [0.2, 0.25) is 0 Å². The lowest BCUT2D eigenvalue weighted by molar-refractivity contribution is 0.295. The third-order valence-electron chi connectivity index (χ3n) is 2.33. The maximum absolute atomic E-state index is 3.85. The van der Waals surface area contributed by atoms with Crippen LogP contribution in [0.15, 0.2) is 0 Å². The van der Waals surface area contributed by atoms with Crippen LogP contribution in [0.3, 0.4) is 0 Å². The van der Waals surface area contributed by atoms with Crippen molar-refractivity contribution in [2.24, 2.45) is 0 Å². The Hall–Kier alpha value is 0.310. The van der Waals surface area contributed by atoms with Crippen molar-refractivity contribution in [1.29, 1.82) is 0 Å². The smallest absolute Gasteiger partial charge is 0.00727 e. The highest BCUT2D eigenvalue weighted by molar-refractivity contribution is 7.99. The molecule has 0 amide bonds. The molecular weight excluding hydrogens is 166 g/mol. The van der Waals surface area contributed by atoms with Gasteiger partial charge in [-0.1, -0.05) is 26.2 Å². The van der Waals surface area contributed by atoms with E-state index in [1.54, 1.807) is 0 Å². The standard InChI is InChI=1S/C10H20NS/c1-2-3-4-5-6-11-7-9-12-10-8-11/h1-10H2. The summed E-state index contributed by atoms with van der Waals surface area (Å²) >= 11 is 2.09. The van der Waals surface area contributed by atoms with Crippen molar-refractivity contribution in [3.8, 4) is 0 Å². The number of rotatable bonds is 5. The number of hydrogen-bond donors (Lipinski definition) is 0. The summed E-state index contributed by atoms with van der Waals surface area (Å²) in [5.41, 5.74) is 0. The third-order valence-corrected chi connectivity index (χ3v) is 3.27. The molecule has 1 rings (SSSR count). The van der Waals surface area contributed by atoms with Gasteiger partial charge < -0.3 is 4.90 Å². The Kier molecular flexibility index (Phi) is 5.88. The van der Waals surface area contributed by atoms with Crippen molar-refractivity contribution in [2.75, 3.05) is 31.1 Å². The SMILES string of the molecule is [CH2]CCCCCN1CCSCC1. The number of unbranched alkanes of at least 4 members (excludes halogenated alkanes) is 3. The Morgan fingerprint density at radius 2 is 1.83 bits per heavy atom. The quantitative estimate of drug-likeness (QED) is 0.607. The summed E-state index contributed by atoms with van der Waals surface area (Å²) < 4.78 is 0. The van der Waals surface area contributed by atoms with Gasteiger partial charge in [-0.2, -0.15) is 11.8 Å². The van der Waals surface area contributed by atoms with E-state index in [0.717, 1.165) is 6.42 Å². The topological polar surface area (TPSA) is 3.24 Å². The molecule has 71 valence electrons. The maximum Gasteiger partial charge on any atom is 0.00727 e. The Morgan fingerprint density at radius 1 is 1.08 bits per heavy atom. The lowest BCUT2D eigenvalue weighted by Crippen LogP contribution is -2.33. The fourth-order valence-corrected chi connectivity index (χ4v) is 2.49. The van der Waals surface area contributed by atoms with E-state index in [2.05, 4.69) is 23.6 Å². The zero-order chi connectivity index (χ0) is 8.65. The molecule has 0 bridgehead atoms. The first kappa shape index (κ1) is 10.4. The molecule has 1 fully saturated rings. The molecule has 1 aliphatic rings. The Morgan fingerprint density at radius 3 is 2.50 bits per heavy atom. The van der Waals surface area contributed by atoms with Crippen molar-refractivity contribution in [3.05, 3.63) is 6.92 Å². The molecule has 12 heavy (non-hydrogen) atoms. The van der Waals surface area contributed by atoms with Crippen LogP contribution in [0.1, 0.15) is 25.7 Å². The molecule has 0 aliphatic carbocycles. The molecule has 1 nitrogen and oxygen atoms in total. The van der Waals surface area contributed by atoms with Gasteiger partial charge in [0.1, 0.15) is 0 Å². The summed E-state index contributed by atoms with van der Waals surface area (Å²) in [5, 5.41) is 0. The van der Waals surface area contributed by atoms with Crippen LogP contribution in [-0.4, -0.2) is 36.0 Å². The zero-order valence-corrected chi connectivity index (χ0v) is 8.74. The summed E-state index contributed by atoms with van der Waals surface area (Å²) in [6, 6.07) is 0. The Balaban J connectivity index is 1.91. The minimum Gasteiger partial charge on any atom is -0.302 e. The number of nitrogens with zero attached hydrogens (tertiary/aromatic N) is 1. The molecule has 0 unspecified atom stereocenters. The molecule has 0 aromatic heterocycles. The van der Waals surface area contributed by atoms with E-state index in [4.69, 9.17) is 0 Å². The predicted molar refractivity (Wildman–Crippen MR) is 57.6 cm³/mol. The van der Waals surface area contributed by atoms with E-state index in [-0.39, 0.29) is 0 Å². The lowest BCUT2D eigenvalue weighted by Gasteiger charge is -2.25. The van der Waals surface area contributed by atoms with Crippen LogP contribution >= 0.6 is 11.8 Å². The molecule has 0 saturated carbocycles. The monoisotopic (exact) mass is 186 g/mol. The van der Waals surface area contributed by atoms with Crippen molar-refractivity contribution in [3.63, 3.8) is 0 Å². The van der Waals surface area contributed by atoms with Crippen LogP contribution in [0.5, 0.6) is 0 Å². The largest absolute Gasteiger partial charge is 0.302 e. The molecule has 1 saturated heterocycles. The average Bonchev–Trinajstić information content (AvgIpc) is 2.14. The van der Waals surface area contributed by atoms with Gasteiger partial charge in [-0.05, 0) is 13.0 Å². The van der Waals surface area contributed by atoms with Crippen LogP contribution in [0, 0.1) is 6.92 Å². The van der Waals surface area contributed by atoms with Crippen molar-refractivity contribution < 1.29 is 0 Å². The van der Waals surface area contributed by atoms with Crippen molar-refractivity contribution >= 4 is 11.8 Å². The van der Waals surface area contributed by atoms with E-state index in [9.17, 15) is 0 Å². The third kappa shape index (κ3) is 4.36. The van der Waals surface area contributed by atoms with Crippen LogP contribution in [0.4, 0.5) is 0 Å². The second-order valence-electron chi connectivity index (χ2n) is 3.37. The summed E-state index contributed by atoms with van der Waals surface area (Å²) in [6.45, 7) is 7.80. The average molecular weight is 186 g/mol. The molecule has 0 atom stereocenters. The summed E-state index contributed by atoms with van der Waals surface area (Å²) in [4.78, 5) is 2.60. The second-order valence-corrected chi connectivity index (χ2v) is 4.59. The molecule has 0 aromatic carbocycles. The first-order chi connectivity index (χ1) is 5.93. The van der Waals surface area contributed by atoms with E-state index >= 15 is 0 Å². The highest BCUT2D eigenvalue weighted by Gasteiger charge is 2.08. The van der Waals surface area contributed by atoms with Crippen LogP contribution < -0.4 is 0 Å². The fourth-order valence-electron chi connectivity index (χ4n) is 1.51. The number of thioether (sulfide) groups is 1. The van der Waals surface area contributed by atoms with Gasteiger partial charge in [-0.25, -0.2) is 0 Å². The van der Waals surface area contributed by atoms with Crippen molar-refractivity contribution in [2.45, 2.75) is 25.7 Å². The Labute approximate surface area is 80.9 Å². The normalized spacial score (nSPS) is 19.8. The highest BCUT2D eigenvalue weighted by atomic mass is 32.2. The van der Waals surface area contributed by atoms with E-state index < -0.39 is 0 Å². The van der Waals surface area contributed by atoms with Gasteiger partial charge in [0.15, 0.2) is 0 Å². The molecule has 0 N–H and O–H groups in total. The second kappa shape index (κ2) is 6.79. The van der Waals surface area contributed by atoms with Crippen LogP contribution in [-0.2, 0) is 0 Å². The Bertz CT molecular complexity index is 100.